The molecule has 2 rings (SSSR count). The van der Waals surface area contributed by atoms with Gasteiger partial charge in [-0.15, -0.1) is 21.5 Å². The number of hydrogen-bond donors (Lipinski definition) is 1. The van der Waals surface area contributed by atoms with Crippen molar-refractivity contribution in [2.75, 3.05) is 6.54 Å². The van der Waals surface area contributed by atoms with E-state index in [4.69, 9.17) is 0 Å². The summed E-state index contributed by atoms with van der Waals surface area (Å²) >= 11 is 1.77. The van der Waals surface area contributed by atoms with Crippen LogP contribution in [-0.2, 0) is 11.8 Å². The summed E-state index contributed by atoms with van der Waals surface area (Å²) in [5.41, 5.74) is 0.180. The van der Waals surface area contributed by atoms with Crippen LogP contribution in [0.15, 0.2) is 0 Å². The Morgan fingerprint density at radius 3 is 2.75 bits per heavy atom. The van der Waals surface area contributed by atoms with Crippen LogP contribution in [0.4, 0.5) is 0 Å². The van der Waals surface area contributed by atoms with Crippen molar-refractivity contribution >= 4 is 11.3 Å². The second-order valence-corrected chi connectivity index (χ2v) is 6.28. The van der Waals surface area contributed by atoms with E-state index < -0.39 is 0 Å². The molecule has 90 valence electrons. The number of nitrogens with one attached hydrogen (secondary N) is 1. The van der Waals surface area contributed by atoms with Gasteiger partial charge in [-0.1, -0.05) is 20.8 Å². The van der Waals surface area contributed by atoms with E-state index in [2.05, 4.69) is 36.3 Å². The fourth-order valence-electron chi connectivity index (χ4n) is 1.45. The number of rotatable bonds is 6. The maximum absolute atomic E-state index is 4.31. The van der Waals surface area contributed by atoms with E-state index in [1.807, 2.05) is 0 Å². The van der Waals surface area contributed by atoms with Gasteiger partial charge in [0.25, 0.3) is 0 Å². The third-order valence-corrected chi connectivity index (χ3v) is 4.63. The minimum absolute atomic E-state index is 0.180. The molecule has 1 heterocycles. The molecule has 1 fully saturated rings. The molecule has 4 heteroatoms. The molecule has 0 aliphatic heterocycles. The summed E-state index contributed by atoms with van der Waals surface area (Å²) in [4.78, 5) is 0. The SMILES string of the molecule is CCC(C)(C)c1nnc(CCNC2CC2)s1. The van der Waals surface area contributed by atoms with Gasteiger partial charge in [-0.25, -0.2) is 0 Å². The third-order valence-electron chi connectivity index (χ3n) is 3.28. The first-order chi connectivity index (χ1) is 7.62. The highest BCUT2D eigenvalue weighted by molar-refractivity contribution is 7.11. The molecule has 0 unspecified atom stereocenters. The quantitative estimate of drug-likeness (QED) is 0.829. The highest BCUT2D eigenvalue weighted by atomic mass is 32.1. The molecule has 1 aliphatic carbocycles. The van der Waals surface area contributed by atoms with Crippen molar-refractivity contribution in [2.24, 2.45) is 0 Å². The van der Waals surface area contributed by atoms with Crippen molar-refractivity contribution in [1.29, 1.82) is 0 Å². The minimum atomic E-state index is 0.180. The molecule has 1 aromatic heterocycles. The first kappa shape index (κ1) is 12.0. The highest BCUT2D eigenvalue weighted by Gasteiger charge is 2.23. The zero-order valence-electron chi connectivity index (χ0n) is 10.4. The molecule has 1 aliphatic rings. The van der Waals surface area contributed by atoms with Gasteiger partial charge in [0.1, 0.15) is 10.0 Å². The molecule has 0 spiro atoms. The van der Waals surface area contributed by atoms with Gasteiger partial charge in [-0.05, 0) is 19.3 Å². The smallest absolute Gasteiger partial charge is 0.123 e. The van der Waals surface area contributed by atoms with E-state index in [1.165, 1.54) is 22.9 Å². The summed E-state index contributed by atoms with van der Waals surface area (Å²) in [5, 5.41) is 14.4. The van der Waals surface area contributed by atoms with E-state index in [9.17, 15) is 0 Å². The van der Waals surface area contributed by atoms with Gasteiger partial charge in [0.15, 0.2) is 0 Å². The van der Waals surface area contributed by atoms with Crippen molar-refractivity contribution in [3.05, 3.63) is 10.0 Å². The topological polar surface area (TPSA) is 37.8 Å². The van der Waals surface area contributed by atoms with Crippen LogP contribution < -0.4 is 5.32 Å². The van der Waals surface area contributed by atoms with Gasteiger partial charge in [0.05, 0.1) is 0 Å². The maximum atomic E-state index is 4.31. The Morgan fingerprint density at radius 2 is 2.12 bits per heavy atom. The lowest BCUT2D eigenvalue weighted by Gasteiger charge is -2.17. The number of nitrogens with zero attached hydrogens (tertiary/aromatic N) is 2. The standard InChI is InChI=1S/C12H21N3S/c1-4-12(2,3)11-15-14-10(16-11)7-8-13-9-5-6-9/h9,13H,4-8H2,1-3H3. The Balaban J connectivity index is 1.85. The molecular weight excluding hydrogens is 218 g/mol. The van der Waals surface area contributed by atoms with Gasteiger partial charge in [-0.2, -0.15) is 0 Å². The van der Waals surface area contributed by atoms with Crippen LogP contribution in [0, 0.1) is 0 Å². The van der Waals surface area contributed by atoms with Crippen molar-refractivity contribution in [1.82, 2.24) is 15.5 Å². The summed E-state index contributed by atoms with van der Waals surface area (Å²) in [5.74, 6) is 0. The molecule has 0 saturated heterocycles. The average Bonchev–Trinajstić information content (AvgIpc) is 2.94. The molecular formula is C12H21N3S. The fourth-order valence-corrected chi connectivity index (χ4v) is 2.46. The Hall–Kier alpha value is -0.480. The monoisotopic (exact) mass is 239 g/mol. The Kier molecular flexibility index (Phi) is 3.60. The van der Waals surface area contributed by atoms with Gasteiger partial charge >= 0.3 is 0 Å². The van der Waals surface area contributed by atoms with Crippen LogP contribution in [0.3, 0.4) is 0 Å². The zero-order valence-corrected chi connectivity index (χ0v) is 11.2. The van der Waals surface area contributed by atoms with E-state index in [0.717, 1.165) is 25.4 Å². The first-order valence-corrected chi connectivity index (χ1v) is 6.99. The summed E-state index contributed by atoms with van der Waals surface area (Å²) in [6, 6.07) is 0.791. The van der Waals surface area contributed by atoms with E-state index in [0.29, 0.717) is 0 Å². The second kappa shape index (κ2) is 4.80. The lowest BCUT2D eigenvalue weighted by molar-refractivity contribution is 0.498. The molecule has 1 aromatic rings. The molecule has 1 saturated carbocycles. The summed E-state index contributed by atoms with van der Waals surface area (Å²) in [7, 11) is 0. The number of hydrogen-bond acceptors (Lipinski definition) is 4. The van der Waals surface area contributed by atoms with Gasteiger partial charge < -0.3 is 5.32 Å². The van der Waals surface area contributed by atoms with Crippen molar-refractivity contribution < 1.29 is 0 Å². The van der Waals surface area contributed by atoms with E-state index >= 15 is 0 Å². The van der Waals surface area contributed by atoms with E-state index in [1.54, 1.807) is 11.3 Å². The maximum Gasteiger partial charge on any atom is 0.123 e. The summed E-state index contributed by atoms with van der Waals surface area (Å²) in [6.45, 7) is 7.72. The van der Waals surface area contributed by atoms with Crippen LogP contribution >= 0.6 is 11.3 Å². The zero-order chi connectivity index (χ0) is 11.6. The fraction of sp³-hybridized carbons (Fsp3) is 0.833. The lowest BCUT2D eigenvalue weighted by atomic mass is 9.91. The Bertz CT molecular complexity index is 342. The van der Waals surface area contributed by atoms with Crippen molar-refractivity contribution in [2.45, 2.75) is 57.9 Å². The largest absolute Gasteiger partial charge is 0.314 e. The molecule has 16 heavy (non-hydrogen) atoms. The van der Waals surface area contributed by atoms with Crippen LogP contribution in [0.2, 0.25) is 0 Å². The van der Waals surface area contributed by atoms with Gasteiger partial charge in [-0.3, -0.25) is 0 Å². The normalized spacial score (nSPS) is 16.7. The Morgan fingerprint density at radius 1 is 1.38 bits per heavy atom. The summed E-state index contributed by atoms with van der Waals surface area (Å²) < 4.78 is 0. The van der Waals surface area contributed by atoms with Gasteiger partial charge in [0.2, 0.25) is 0 Å². The molecule has 0 aromatic carbocycles. The van der Waals surface area contributed by atoms with E-state index in [-0.39, 0.29) is 5.41 Å². The Labute approximate surface area is 102 Å². The molecule has 0 amide bonds. The molecule has 0 bridgehead atoms. The van der Waals surface area contributed by atoms with Crippen LogP contribution in [0.5, 0.6) is 0 Å². The minimum Gasteiger partial charge on any atom is -0.314 e. The molecule has 0 radical (unpaired) electrons. The third kappa shape index (κ3) is 3.01. The van der Waals surface area contributed by atoms with Crippen LogP contribution in [0.1, 0.15) is 50.0 Å². The van der Waals surface area contributed by atoms with Crippen molar-refractivity contribution in [3.8, 4) is 0 Å². The highest BCUT2D eigenvalue weighted by Crippen LogP contribution is 2.29. The second-order valence-electron chi connectivity index (χ2n) is 5.22. The predicted molar refractivity (Wildman–Crippen MR) is 68.0 cm³/mol. The molecule has 3 nitrogen and oxygen atoms in total. The summed E-state index contributed by atoms with van der Waals surface area (Å²) in [6.07, 6.45) is 4.84. The lowest BCUT2D eigenvalue weighted by Crippen LogP contribution is -2.19. The van der Waals surface area contributed by atoms with Crippen molar-refractivity contribution in [3.63, 3.8) is 0 Å². The first-order valence-electron chi connectivity index (χ1n) is 6.18. The predicted octanol–water partition coefficient (Wildman–Crippen LogP) is 2.52. The van der Waals surface area contributed by atoms with Crippen LogP contribution in [-0.4, -0.2) is 22.8 Å². The molecule has 1 N–H and O–H groups in total. The molecule has 0 atom stereocenters. The number of aromatic nitrogens is 2. The average molecular weight is 239 g/mol. The van der Waals surface area contributed by atoms with Crippen LogP contribution in [0.25, 0.3) is 0 Å². The van der Waals surface area contributed by atoms with Gasteiger partial charge in [0, 0.05) is 24.4 Å².